The molecule has 2 fully saturated rings. The number of allylic oxidation sites excluding steroid dienone is 1. The number of esters is 1. The van der Waals surface area contributed by atoms with Gasteiger partial charge in [-0.1, -0.05) is 26.0 Å². The predicted molar refractivity (Wildman–Crippen MR) is 178 cm³/mol. The van der Waals surface area contributed by atoms with Crippen LogP contribution in [0.4, 0.5) is 0 Å². The Hall–Kier alpha value is -4.03. The monoisotopic (exact) mass is 662 g/mol. The number of rotatable bonds is 6. The molecule has 2 aliphatic heterocycles. The van der Waals surface area contributed by atoms with Crippen molar-refractivity contribution < 1.29 is 33.3 Å². The maximum absolute atomic E-state index is 13.9. The summed E-state index contributed by atoms with van der Waals surface area (Å²) in [5.41, 5.74) is 2.10. The smallest absolute Gasteiger partial charge is 0.332 e. The average Bonchev–Trinajstić information content (AvgIpc) is 3.37. The Bertz CT molecular complexity index is 1720. The lowest BCUT2D eigenvalue weighted by molar-refractivity contribution is -0.150. The van der Waals surface area contributed by atoms with Crippen LogP contribution in [0.15, 0.2) is 35.7 Å². The number of benzene rings is 1. The molecule has 4 heterocycles. The van der Waals surface area contributed by atoms with Crippen molar-refractivity contribution in [3.63, 3.8) is 0 Å². The Morgan fingerprint density at radius 3 is 2.72 bits per heavy atom. The minimum absolute atomic E-state index is 0.169. The number of carbonyl (C=O) groups excluding carboxylic acids is 3. The van der Waals surface area contributed by atoms with Gasteiger partial charge in [-0.05, 0) is 51.2 Å². The van der Waals surface area contributed by atoms with Crippen molar-refractivity contribution >= 4 is 40.0 Å². The summed E-state index contributed by atoms with van der Waals surface area (Å²) in [7, 11) is 2.95. The lowest BCUT2D eigenvalue weighted by atomic mass is 10.1. The maximum Gasteiger partial charge on any atom is 0.332 e. The first kappa shape index (κ1) is 32.9. The van der Waals surface area contributed by atoms with Gasteiger partial charge in [-0.25, -0.2) is 14.8 Å². The summed E-state index contributed by atoms with van der Waals surface area (Å²) in [4.78, 5) is 51.9. The maximum atomic E-state index is 13.9. The van der Waals surface area contributed by atoms with E-state index in [4.69, 9.17) is 28.9 Å². The van der Waals surface area contributed by atoms with E-state index in [0.29, 0.717) is 30.2 Å². The third-order valence-corrected chi connectivity index (χ3v) is 10.2. The van der Waals surface area contributed by atoms with Gasteiger partial charge in [-0.2, -0.15) is 0 Å². The zero-order valence-corrected chi connectivity index (χ0v) is 28.5. The van der Waals surface area contributed by atoms with E-state index in [9.17, 15) is 14.4 Å². The molecule has 2 amide bonds. The van der Waals surface area contributed by atoms with E-state index < -0.39 is 35.7 Å². The molecular weight excluding hydrogens is 620 g/mol. The molecule has 2 aromatic heterocycles. The van der Waals surface area contributed by atoms with Gasteiger partial charge in [0.1, 0.15) is 46.0 Å². The molecule has 1 aliphatic carbocycles. The zero-order chi connectivity index (χ0) is 33.5. The molecule has 0 bridgehead atoms. The molecule has 1 aromatic carbocycles. The lowest BCUT2D eigenvalue weighted by Crippen LogP contribution is -2.54. The van der Waals surface area contributed by atoms with Gasteiger partial charge in [-0.3, -0.25) is 9.59 Å². The van der Waals surface area contributed by atoms with Gasteiger partial charge in [0, 0.05) is 41.3 Å². The van der Waals surface area contributed by atoms with Crippen molar-refractivity contribution in [2.45, 2.75) is 83.1 Å². The molecule has 3 aliphatic rings. The topological polar surface area (TPSA) is 129 Å². The molecule has 0 spiro atoms. The zero-order valence-electron chi connectivity index (χ0n) is 27.7. The number of aromatic nitrogens is 2. The highest BCUT2D eigenvalue weighted by Crippen LogP contribution is 2.46. The van der Waals surface area contributed by atoms with E-state index in [-0.39, 0.29) is 30.7 Å². The molecule has 5 atom stereocenters. The molecular formula is C35H42N4O7S. The number of nitrogens with zero attached hydrogens (tertiary/aromatic N) is 3. The van der Waals surface area contributed by atoms with Crippen molar-refractivity contribution in [3.8, 4) is 22.2 Å². The summed E-state index contributed by atoms with van der Waals surface area (Å²) in [6.07, 6.45) is 4.82. The van der Waals surface area contributed by atoms with Gasteiger partial charge in [0.05, 0.1) is 32.0 Å². The van der Waals surface area contributed by atoms with Crippen LogP contribution < -0.4 is 14.8 Å². The summed E-state index contributed by atoms with van der Waals surface area (Å²) in [6, 6.07) is 4.81. The van der Waals surface area contributed by atoms with Crippen molar-refractivity contribution in [2.24, 2.45) is 5.92 Å². The Kier molecular flexibility index (Phi) is 9.26. The second-order valence-corrected chi connectivity index (χ2v) is 13.7. The summed E-state index contributed by atoms with van der Waals surface area (Å²) < 4.78 is 23.3. The van der Waals surface area contributed by atoms with E-state index in [0.717, 1.165) is 40.0 Å². The molecule has 47 heavy (non-hydrogen) atoms. The minimum Gasteiger partial charge on any atom is -0.496 e. The van der Waals surface area contributed by atoms with Crippen LogP contribution in [0.25, 0.3) is 21.6 Å². The number of hydrogen-bond donors (Lipinski definition) is 1. The van der Waals surface area contributed by atoms with Crippen LogP contribution in [0.2, 0.25) is 0 Å². The molecule has 12 heteroatoms. The Balaban J connectivity index is 1.35. The normalized spacial score (nSPS) is 27.1. The van der Waals surface area contributed by atoms with E-state index >= 15 is 0 Å². The summed E-state index contributed by atoms with van der Waals surface area (Å²) in [6.45, 7) is 8.43. The number of thiazole rings is 1. The van der Waals surface area contributed by atoms with E-state index in [1.54, 1.807) is 14.0 Å². The van der Waals surface area contributed by atoms with E-state index in [2.05, 4.69) is 19.2 Å². The number of aryl methyl sites for hydroxylation is 1. The van der Waals surface area contributed by atoms with E-state index in [1.807, 2.05) is 42.7 Å². The van der Waals surface area contributed by atoms with E-state index in [1.165, 1.54) is 23.3 Å². The second-order valence-electron chi connectivity index (χ2n) is 12.9. The van der Waals surface area contributed by atoms with Crippen LogP contribution in [0.3, 0.4) is 0 Å². The molecule has 6 rings (SSSR count). The van der Waals surface area contributed by atoms with Crippen LogP contribution in [0.1, 0.15) is 63.6 Å². The lowest BCUT2D eigenvalue weighted by Gasteiger charge is -2.28. The predicted octanol–water partition coefficient (Wildman–Crippen LogP) is 4.95. The molecule has 0 unspecified atom stereocenters. The highest BCUT2D eigenvalue weighted by atomic mass is 32.1. The Morgan fingerprint density at radius 1 is 1.19 bits per heavy atom. The molecule has 0 radical (unpaired) electrons. The van der Waals surface area contributed by atoms with Crippen LogP contribution in [-0.2, 0) is 23.9 Å². The van der Waals surface area contributed by atoms with Crippen molar-refractivity contribution in [3.05, 3.63) is 47.0 Å². The third kappa shape index (κ3) is 6.32. The first-order valence-corrected chi connectivity index (χ1v) is 17.0. The Labute approximate surface area is 278 Å². The molecule has 1 N–H and O–H groups in total. The number of ether oxygens (including phenoxy) is 4. The average molecular weight is 663 g/mol. The number of amides is 2. The largest absolute Gasteiger partial charge is 0.496 e. The summed E-state index contributed by atoms with van der Waals surface area (Å²) in [5.74, 6) is 0.168. The fraction of sp³-hybridized carbons (Fsp3) is 0.514. The molecule has 11 nitrogen and oxygen atoms in total. The van der Waals surface area contributed by atoms with Crippen molar-refractivity contribution in [2.75, 3.05) is 27.4 Å². The van der Waals surface area contributed by atoms with Crippen LogP contribution >= 0.6 is 11.3 Å². The first-order valence-electron chi connectivity index (χ1n) is 16.2. The molecule has 3 aromatic rings. The fourth-order valence-corrected chi connectivity index (χ4v) is 7.43. The van der Waals surface area contributed by atoms with Crippen LogP contribution in [-0.4, -0.2) is 83.8 Å². The van der Waals surface area contributed by atoms with Crippen molar-refractivity contribution in [1.82, 2.24) is 20.2 Å². The van der Waals surface area contributed by atoms with Gasteiger partial charge in [0.15, 0.2) is 0 Å². The van der Waals surface area contributed by atoms with Gasteiger partial charge >= 0.3 is 5.97 Å². The van der Waals surface area contributed by atoms with Gasteiger partial charge in [-0.15, -0.1) is 11.3 Å². The highest BCUT2D eigenvalue weighted by molar-refractivity contribution is 7.13. The fourth-order valence-electron chi connectivity index (χ4n) is 6.49. The number of hydrogen-bond acceptors (Lipinski definition) is 10. The summed E-state index contributed by atoms with van der Waals surface area (Å²) >= 11 is 1.52. The van der Waals surface area contributed by atoms with Gasteiger partial charge in [0.2, 0.25) is 5.91 Å². The number of methoxy groups -OCH3 is 2. The number of nitrogens with one attached hydrogen (secondary N) is 1. The first-order chi connectivity index (χ1) is 22.6. The van der Waals surface area contributed by atoms with Gasteiger partial charge < -0.3 is 29.2 Å². The third-order valence-electron chi connectivity index (χ3n) is 9.35. The van der Waals surface area contributed by atoms with Crippen LogP contribution in [0, 0.1) is 12.8 Å². The highest BCUT2D eigenvalue weighted by Gasteiger charge is 2.62. The molecule has 250 valence electrons. The Morgan fingerprint density at radius 2 is 2.00 bits per heavy atom. The number of fused-ring (bicyclic) bond motifs is 3. The van der Waals surface area contributed by atoms with Gasteiger partial charge in [0.25, 0.3) is 5.91 Å². The molecule has 1 saturated carbocycles. The molecule has 1 saturated heterocycles. The van der Waals surface area contributed by atoms with Crippen LogP contribution in [0.5, 0.6) is 11.5 Å². The SMILES string of the molecule is COC(=O)[C@@]12C[C@H]1/C=C\CCCO[C@H](C)C(=O)N1C[C@H](Oc3cc(-c4nc(C(C)C)cs4)nc4c(C)c(OC)ccc34)C[C@H]1C(=O)N2. The number of carbonyl (C=O) groups is 3. The second kappa shape index (κ2) is 13.2. The quantitative estimate of drug-likeness (QED) is 0.288. The summed E-state index contributed by atoms with van der Waals surface area (Å²) in [5, 5.41) is 6.57. The number of pyridine rings is 1. The standard InChI is InChI=1S/C35H42N4O7S/c1-19(2)26-18-47-32(37-26)25-15-29(24-11-12-28(43-5)20(3)30(24)36-25)46-23-14-27-31(40)38-35(34(42)44-6)16-22(35)10-8-7-9-13-45-21(4)33(41)39(27)17-23/h8,10-12,15,18-19,21-23,27H,7,9,13-14,16-17H2,1-6H3,(H,38,40)/b10-8-/t21-,22-,23-,27+,35-/m1/s1. The van der Waals surface area contributed by atoms with Crippen molar-refractivity contribution in [1.29, 1.82) is 0 Å². The minimum atomic E-state index is -1.14.